The number of carbonyl (C=O) groups excluding carboxylic acids is 1. The van der Waals surface area contributed by atoms with Gasteiger partial charge in [0.15, 0.2) is 0 Å². The first-order chi connectivity index (χ1) is 6.65. The van der Waals surface area contributed by atoms with E-state index in [1.165, 1.54) is 0 Å². The number of nitrogens with two attached hydrogens (primary N) is 1. The molecule has 0 heterocycles. The smallest absolute Gasteiger partial charge is 0.315 e. The molecule has 0 amide bonds. The van der Waals surface area contributed by atoms with Crippen LogP contribution in [-0.4, -0.2) is 29.6 Å². The zero-order valence-electron chi connectivity index (χ0n) is 8.86. The molecule has 1 saturated carbocycles. The van der Waals surface area contributed by atoms with Crippen LogP contribution in [0.25, 0.3) is 0 Å². The van der Waals surface area contributed by atoms with Crippen LogP contribution in [0.1, 0.15) is 26.7 Å². The predicted molar refractivity (Wildman–Crippen MR) is 59.3 cm³/mol. The molecule has 0 radical (unpaired) electrons. The number of rotatable bonds is 4. The van der Waals surface area contributed by atoms with Crippen LogP contribution < -0.4 is 5.73 Å². The third-order valence-electron chi connectivity index (χ3n) is 2.77. The molecule has 2 N–H and O–H groups in total. The lowest BCUT2D eigenvalue weighted by Gasteiger charge is -2.16. The van der Waals surface area contributed by atoms with Crippen LogP contribution in [-0.2, 0) is 9.53 Å². The van der Waals surface area contributed by atoms with Gasteiger partial charge in [0.2, 0.25) is 0 Å². The summed E-state index contributed by atoms with van der Waals surface area (Å²) in [6, 6.07) is 0.315. The molecular weight excluding hydrogens is 198 g/mol. The van der Waals surface area contributed by atoms with E-state index in [1.54, 1.807) is 11.8 Å². The van der Waals surface area contributed by atoms with Gasteiger partial charge >= 0.3 is 5.97 Å². The van der Waals surface area contributed by atoms with Crippen molar-refractivity contribution in [3.63, 3.8) is 0 Å². The molecule has 0 spiro atoms. The molecule has 0 bridgehead atoms. The van der Waals surface area contributed by atoms with Crippen LogP contribution in [0.4, 0.5) is 0 Å². The van der Waals surface area contributed by atoms with Gasteiger partial charge in [-0.2, -0.15) is 0 Å². The normalized spacial score (nSPS) is 31.8. The number of hydrogen-bond acceptors (Lipinski definition) is 4. The van der Waals surface area contributed by atoms with Crippen molar-refractivity contribution in [2.45, 2.75) is 38.0 Å². The lowest BCUT2D eigenvalue weighted by atomic mass is 10.1. The highest BCUT2D eigenvalue weighted by Gasteiger charge is 2.30. The second kappa shape index (κ2) is 5.61. The van der Waals surface area contributed by atoms with Crippen LogP contribution in [0, 0.1) is 5.92 Å². The molecule has 1 rings (SSSR count). The van der Waals surface area contributed by atoms with Crippen LogP contribution in [0.15, 0.2) is 0 Å². The molecule has 0 aliphatic heterocycles. The van der Waals surface area contributed by atoms with Crippen molar-refractivity contribution in [1.29, 1.82) is 0 Å². The molecule has 3 nitrogen and oxygen atoms in total. The average molecular weight is 217 g/mol. The fraction of sp³-hybridized carbons (Fsp3) is 0.900. The molecule has 0 aromatic heterocycles. The molecule has 1 fully saturated rings. The van der Waals surface area contributed by atoms with Gasteiger partial charge in [-0.25, -0.2) is 0 Å². The maximum atomic E-state index is 11.1. The molecular formula is C10H19NO2S. The Morgan fingerprint density at radius 1 is 1.57 bits per heavy atom. The number of thioether (sulfide) groups is 1. The lowest BCUT2D eigenvalue weighted by Crippen LogP contribution is -2.26. The van der Waals surface area contributed by atoms with Gasteiger partial charge in [-0.05, 0) is 25.7 Å². The third-order valence-corrected chi connectivity index (χ3v) is 4.26. The third kappa shape index (κ3) is 3.17. The fourth-order valence-corrected chi connectivity index (χ4v) is 3.01. The average Bonchev–Trinajstić information content (AvgIpc) is 2.46. The van der Waals surface area contributed by atoms with E-state index in [9.17, 15) is 4.79 Å². The first-order valence-electron chi connectivity index (χ1n) is 5.18. The van der Waals surface area contributed by atoms with Crippen molar-refractivity contribution < 1.29 is 9.53 Å². The first kappa shape index (κ1) is 11.9. The highest BCUT2D eigenvalue weighted by molar-refractivity contribution is 8.00. The minimum Gasteiger partial charge on any atom is -0.465 e. The molecule has 1 aliphatic carbocycles. The zero-order valence-corrected chi connectivity index (χ0v) is 9.68. The Balaban J connectivity index is 2.22. The summed E-state index contributed by atoms with van der Waals surface area (Å²) >= 11 is 1.69. The summed E-state index contributed by atoms with van der Waals surface area (Å²) in [4.78, 5) is 11.1. The molecule has 1 aliphatic rings. The van der Waals surface area contributed by atoms with Gasteiger partial charge in [-0.15, -0.1) is 11.8 Å². The summed E-state index contributed by atoms with van der Waals surface area (Å²) in [5.74, 6) is 0.884. The molecule has 4 heteroatoms. The standard InChI is InChI=1S/C10H19NO2S/c1-3-13-10(12)6-14-9-5-4-8(11)7(9)2/h7-9H,3-6,11H2,1-2H3. The van der Waals surface area contributed by atoms with Gasteiger partial charge in [0, 0.05) is 11.3 Å². The van der Waals surface area contributed by atoms with Crippen LogP contribution in [0.3, 0.4) is 0 Å². The molecule has 3 atom stereocenters. The fourth-order valence-electron chi connectivity index (χ4n) is 1.77. The van der Waals surface area contributed by atoms with E-state index in [-0.39, 0.29) is 5.97 Å². The van der Waals surface area contributed by atoms with Crippen molar-refractivity contribution in [2.24, 2.45) is 11.7 Å². The highest BCUT2D eigenvalue weighted by Crippen LogP contribution is 2.33. The zero-order chi connectivity index (χ0) is 10.6. The van der Waals surface area contributed by atoms with Gasteiger partial charge in [-0.3, -0.25) is 4.79 Å². The van der Waals surface area contributed by atoms with Gasteiger partial charge in [0.05, 0.1) is 12.4 Å². The quantitative estimate of drug-likeness (QED) is 0.723. The van der Waals surface area contributed by atoms with Crippen LogP contribution in [0.5, 0.6) is 0 Å². The number of carbonyl (C=O) groups is 1. The van der Waals surface area contributed by atoms with Crippen LogP contribution >= 0.6 is 11.8 Å². The predicted octanol–water partition coefficient (Wildman–Crippen LogP) is 1.41. The van der Waals surface area contributed by atoms with Crippen molar-refractivity contribution in [3.8, 4) is 0 Å². The minimum absolute atomic E-state index is 0.106. The van der Waals surface area contributed by atoms with E-state index < -0.39 is 0 Å². The summed E-state index contributed by atoms with van der Waals surface area (Å²) in [5.41, 5.74) is 5.90. The first-order valence-corrected chi connectivity index (χ1v) is 6.22. The number of esters is 1. The molecule has 0 saturated heterocycles. The summed E-state index contributed by atoms with van der Waals surface area (Å²) in [7, 11) is 0. The van der Waals surface area contributed by atoms with Gasteiger partial charge in [0.1, 0.15) is 0 Å². The van der Waals surface area contributed by atoms with Gasteiger partial charge in [0.25, 0.3) is 0 Å². The van der Waals surface area contributed by atoms with E-state index in [1.807, 2.05) is 6.92 Å². The second-order valence-corrected chi connectivity index (χ2v) is 4.98. The van der Waals surface area contributed by atoms with E-state index >= 15 is 0 Å². The van der Waals surface area contributed by atoms with E-state index in [0.717, 1.165) is 12.8 Å². The Labute approximate surface area is 89.8 Å². The Kier molecular flexibility index (Phi) is 4.75. The summed E-state index contributed by atoms with van der Waals surface area (Å²) in [6.07, 6.45) is 2.22. The van der Waals surface area contributed by atoms with Crippen molar-refractivity contribution in [2.75, 3.05) is 12.4 Å². The minimum atomic E-state index is -0.106. The summed E-state index contributed by atoms with van der Waals surface area (Å²) in [6.45, 7) is 4.47. The molecule has 82 valence electrons. The van der Waals surface area contributed by atoms with Crippen molar-refractivity contribution in [3.05, 3.63) is 0 Å². The highest BCUT2D eigenvalue weighted by atomic mass is 32.2. The summed E-state index contributed by atoms with van der Waals surface area (Å²) in [5, 5.41) is 0.536. The monoisotopic (exact) mass is 217 g/mol. The van der Waals surface area contributed by atoms with E-state index in [4.69, 9.17) is 10.5 Å². The van der Waals surface area contributed by atoms with Crippen LogP contribution in [0.2, 0.25) is 0 Å². The Bertz CT molecular complexity index is 199. The molecule has 14 heavy (non-hydrogen) atoms. The number of hydrogen-bond donors (Lipinski definition) is 1. The van der Waals surface area contributed by atoms with Gasteiger partial charge in [-0.1, -0.05) is 6.92 Å². The molecule has 0 aromatic rings. The molecule has 0 aromatic carbocycles. The van der Waals surface area contributed by atoms with E-state index in [2.05, 4.69) is 6.92 Å². The number of ether oxygens (including phenoxy) is 1. The lowest BCUT2D eigenvalue weighted by molar-refractivity contribution is -0.139. The van der Waals surface area contributed by atoms with Crippen molar-refractivity contribution >= 4 is 17.7 Å². The Morgan fingerprint density at radius 3 is 2.79 bits per heavy atom. The van der Waals surface area contributed by atoms with Crippen molar-refractivity contribution in [1.82, 2.24) is 0 Å². The Morgan fingerprint density at radius 2 is 2.29 bits per heavy atom. The Hall–Kier alpha value is -0.220. The molecule has 3 unspecified atom stereocenters. The largest absolute Gasteiger partial charge is 0.465 e. The van der Waals surface area contributed by atoms with E-state index in [0.29, 0.717) is 29.6 Å². The summed E-state index contributed by atoms with van der Waals surface area (Å²) < 4.78 is 4.87. The second-order valence-electron chi connectivity index (χ2n) is 3.75. The maximum Gasteiger partial charge on any atom is 0.315 e. The maximum absolute atomic E-state index is 11.1. The van der Waals surface area contributed by atoms with Gasteiger partial charge < -0.3 is 10.5 Å². The SMILES string of the molecule is CCOC(=O)CSC1CCC(N)C1C. The topological polar surface area (TPSA) is 52.3 Å².